The van der Waals surface area contributed by atoms with Crippen molar-refractivity contribution in [3.05, 3.63) is 58.5 Å². The van der Waals surface area contributed by atoms with Crippen molar-refractivity contribution < 1.29 is 19.1 Å². The summed E-state index contributed by atoms with van der Waals surface area (Å²) in [5, 5.41) is 0. The second-order valence-corrected chi connectivity index (χ2v) is 7.87. The molecular weight excluding hydrogens is 408 g/mol. The van der Waals surface area contributed by atoms with Gasteiger partial charge in [-0.05, 0) is 49.2 Å². The van der Waals surface area contributed by atoms with Gasteiger partial charge in [-0.25, -0.2) is 0 Å². The summed E-state index contributed by atoms with van der Waals surface area (Å²) in [7, 11) is 0. The number of aryl methyl sites for hydroxylation is 1. The third-order valence-corrected chi connectivity index (χ3v) is 5.39. The molecule has 0 radical (unpaired) electrons. The van der Waals surface area contributed by atoms with E-state index < -0.39 is 5.91 Å². The van der Waals surface area contributed by atoms with Crippen molar-refractivity contribution in [2.45, 2.75) is 13.8 Å². The summed E-state index contributed by atoms with van der Waals surface area (Å²) in [5.74, 6) is 0.143. The predicted molar refractivity (Wildman–Crippen MR) is 119 cm³/mol. The molecule has 1 saturated heterocycles. The summed E-state index contributed by atoms with van der Waals surface area (Å²) in [5.41, 5.74) is 7.64. The summed E-state index contributed by atoms with van der Waals surface area (Å²) in [6.07, 6.45) is 1.76. The molecule has 1 fully saturated rings. The lowest BCUT2D eigenvalue weighted by Crippen LogP contribution is -2.28. The van der Waals surface area contributed by atoms with Crippen LogP contribution in [0.15, 0.2) is 47.4 Å². The first-order valence-electron chi connectivity index (χ1n) is 8.92. The number of para-hydroxylation sites is 1. The molecule has 0 saturated carbocycles. The van der Waals surface area contributed by atoms with Gasteiger partial charge in [-0.15, -0.1) is 0 Å². The molecule has 0 spiro atoms. The minimum absolute atomic E-state index is 0.165. The Morgan fingerprint density at radius 1 is 1.21 bits per heavy atom. The van der Waals surface area contributed by atoms with Crippen LogP contribution in [0.1, 0.15) is 18.1 Å². The average Bonchev–Trinajstić information content (AvgIpc) is 2.95. The Hall–Kier alpha value is -2.84. The minimum atomic E-state index is -0.573. The number of benzene rings is 2. The number of carbonyl (C=O) groups excluding carboxylic acids is 2. The Bertz CT molecular complexity index is 1000. The van der Waals surface area contributed by atoms with Gasteiger partial charge in [0.1, 0.15) is 0 Å². The third-order valence-electron chi connectivity index (χ3n) is 4.09. The van der Waals surface area contributed by atoms with Crippen molar-refractivity contribution in [1.29, 1.82) is 0 Å². The highest BCUT2D eigenvalue weighted by Gasteiger charge is 2.33. The Morgan fingerprint density at radius 2 is 1.97 bits per heavy atom. The van der Waals surface area contributed by atoms with E-state index >= 15 is 0 Å². The molecule has 2 N–H and O–H groups in total. The Labute approximate surface area is 178 Å². The van der Waals surface area contributed by atoms with Gasteiger partial charge in [-0.3, -0.25) is 14.5 Å². The summed E-state index contributed by atoms with van der Waals surface area (Å²) in [6.45, 7) is 3.97. The second-order valence-electron chi connectivity index (χ2n) is 6.20. The number of primary amides is 1. The number of hydrogen-bond donors (Lipinski definition) is 1. The molecule has 150 valence electrons. The van der Waals surface area contributed by atoms with Crippen LogP contribution in [0, 0.1) is 6.92 Å². The first-order valence-corrected chi connectivity index (χ1v) is 10.1. The van der Waals surface area contributed by atoms with Crippen LogP contribution < -0.4 is 20.1 Å². The predicted octanol–water partition coefficient (Wildman–Crippen LogP) is 3.66. The van der Waals surface area contributed by atoms with Gasteiger partial charge in [0.05, 0.1) is 17.2 Å². The fraction of sp³-hybridized carbons (Fsp3) is 0.190. The lowest BCUT2D eigenvalue weighted by Gasteiger charge is -2.16. The molecule has 0 aromatic heterocycles. The van der Waals surface area contributed by atoms with Crippen LogP contribution in [0.2, 0.25) is 0 Å². The lowest BCUT2D eigenvalue weighted by atomic mass is 10.1. The normalized spacial score (nSPS) is 15.1. The van der Waals surface area contributed by atoms with E-state index in [4.69, 9.17) is 27.4 Å². The molecule has 0 bridgehead atoms. The van der Waals surface area contributed by atoms with Gasteiger partial charge in [0.2, 0.25) is 0 Å². The maximum absolute atomic E-state index is 13.0. The molecule has 2 amide bonds. The number of thiocarbonyl (C=S) groups is 1. The molecule has 29 heavy (non-hydrogen) atoms. The van der Waals surface area contributed by atoms with Gasteiger partial charge < -0.3 is 15.2 Å². The summed E-state index contributed by atoms with van der Waals surface area (Å²) in [6, 6.07) is 12.8. The monoisotopic (exact) mass is 428 g/mol. The van der Waals surface area contributed by atoms with E-state index in [2.05, 4.69) is 0 Å². The SMILES string of the molecule is CCOc1cc(/C=C2\SC(=S)N(c3ccccc3C)C2=O)ccc1OCC(N)=O. The van der Waals surface area contributed by atoms with Crippen molar-refractivity contribution in [1.82, 2.24) is 0 Å². The molecule has 2 aromatic rings. The molecule has 0 aliphatic carbocycles. The van der Waals surface area contributed by atoms with Gasteiger partial charge in [0.25, 0.3) is 11.8 Å². The first kappa shape index (κ1) is 20.9. The molecule has 8 heteroatoms. The summed E-state index contributed by atoms with van der Waals surface area (Å²) < 4.78 is 11.5. The maximum atomic E-state index is 13.0. The van der Waals surface area contributed by atoms with Gasteiger partial charge in [0, 0.05) is 0 Å². The minimum Gasteiger partial charge on any atom is -0.490 e. The standard InChI is InChI=1S/C21H20N2O4S2/c1-3-26-17-10-14(8-9-16(17)27-12-19(22)24)11-18-20(25)23(21(28)29-18)15-7-5-4-6-13(15)2/h4-11H,3,12H2,1-2H3,(H2,22,24)/b18-11-. The molecule has 3 rings (SSSR count). The van der Waals surface area contributed by atoms with Crippen molar-refractivity contribution in [3.63, 3.8) is 0 Å². The molecule has 1 heterocycles. The molecule has 6 nitrogen and oxygen atoms in total. The van der Waals surface area contributed by atoms with Crippen molar-refractivity contribution in [2.24, 2.45) is 5.73 Å². The molecular formula is C21H20N2O4S2. The average molecular weight is 429 g/mol. The van der Waals surface area contributed by atoms with Crippen LogP contribution in [-0.2, 0) is 9.59 Å². The number of amides is 2. The smallest absolute Gasteiger partial charge is 0.270 e. The van der Waals surface area contributed by atoms with E-state index in [1.807, 2.05) is 38.1 Å². The van der Waals surface area contributed by atoms with Crippen LogP contribution >= 0.6 is 24.0 Å². The van der Waals surface area contributed by atoms with Gasteiger partial charge in [-0.1, -0.05) is 48.2 Å². The van der Waals surface area contributed by atoms with Crippen LogP contribution in [0.5, 0.6) is 11.5 Å². The number of hydrogen-bond acceptors (Lipinski definition) is 6. The molecule has 2 aromatic carbocycles. The van der Waals surface area contributed by atoms with Crippen LogP contribution in [0.4, 0.5) is 5.69 Å². The topological polar surface area (TPSA) is 81.9 Å². The van der Waals surface area contributed by atoms with E-state index in [1.165, 1.54) is 11.8 Å². The first-order chi connectivity index (χ1) is 13.9. The number of nitrogens with zero attached hydrogens (tertiary/aromatic N) is 1. The van der Waals surface area contributed by atoms with Crippen LogP contribution in [0.3, 0.4) is 0 Å². The number of ether oxygens (including phenoxy) is 2. The molecule has 0 unspecified atom stereocenters. The quantitative estimate of drug-likeness (QED) is 0.535. The molecule has 1 aliphatic rings. The number of carbonyl (C=O) groups is 2. The van der Waals surface area contributed by atoms with E-state index in [-0.39, 0.29) is 12.5 Å². The molecule has 1 aliphatic heterocycles. The van der Waals surface area contributed by atoms with E-state index in [1.54, 1.807) is 29.2 Å². The van der Waals surface area contributed by atoms with E-state index in [0.717, 1.165) is 16.8 Å². The number of anilines is 1. The zero-order valence-corrected chi connectivity index (χ0v) is 17.6. The Kier molecular flexibility index (Phi) is 6.56. The third kappa shape index (κ3) is 4.78. The zero-order valence-electron chi connectivity index (χ0n) is 16.0. The second kappa shape index (κ2) is 9.11. The van der Waals surface area contributed by atoms with Crippen LogP contribution in [-0.4, -0.2) is 29.3 Å². The Balaban J connectivity index is 1.89. The zero-order chi connectivity index (χ0) is 21.0. The fourth-order valence-electron chi connectivity index (χ4n) is 2.79. The van der Waals surface area contributed by atoms with Gasteiger partial charge in [-0.2, -0.15) is 0 Å². The highest BCUT2D eigenvalue weighted by atomic mass is 32.2. The number of nitrogens with two attached hydrogens (primary N) is 1. The number of thioether (sulfide) groups is 1. The summed E-state index contributed by atoms with van der Waals surface area (Å²) >= 11 is 6.69. The lowest BCUT2D eigenvalue weighted by molar-refractivity contribution is -0.120. The maximum Gasteiger partial charge on any atom is 0.270 e. The number of rotatable bonds is 7. The molecule has 0 atom stereocenters. The largest absolute Gasteiger partial charge is 0.490 e. The van der Waals surface area contributed by atoms with Crippen molar-refractivity contribution in [2.75, 3.05) is 18.1 Å². The fourth-order valence-corrected chi connectivity index (χ4v) is 4.08. The Morgan fingerprint density at radius 3 is 2.66 bits per heavy atom. The highest BCUT2D eigenvalue weighted by molar-refractivity contribution is 8.27. The summed E-state index contributed by atoms with van der Waals surface area (Å²) in [4.78, 5) is 26.0. The van der Waals surface area contributed by atoms with Gasteiger partial charge in [0.15, 0.2) is 22.4 Å². The highest BCUT2D eigenvalue weighted by Crippen LogP contribution is 2.38. The van der Waals surface area contributed by atoms with Crippen molar-refractivity contribution >= 4 is 51.9 Å². The van der Waals surface area contributed by atoms with E-state index in [0.29, 0.717) is 27.3 Å². The van der Waals surface area contributed by atoms with Crippen molar-refractivity contribution in [3.8, 4) is 11.5 Å². The van der Waals surface area contributed by atoms with Crippen LogP contribution in [0.25, 0.3) is 6.08 Å². The van der Waals surface area contributed by atoms with E-state index in [9.17, 15) is 9.59 Å². The van der Waals surface area contributed by atoms with Gasteiger partial charge >= 0.3 is 0 Å².